The largest absolute Gasteiger partial charge is 0.318 e. The minimum absolute atomic E-state index is 0.199. The number of rotatable bonds is 4. The first-order valence-electron chi connectivity index (χ1n) is 5.51. The fraction of sp³-hybridized carbons (Fsp3) is 0.333. The van der Waals surface area contributed by atoms with Gasteiger partial charge in [0.15, 0.2) is 5.82 Å². The van der Waals surface area contributed by atoms with Crippen molar-refractivity contribution in [3.05, 3.63) is 48.0 Å². The lowest BCUT2D eigenvalue weighted by atomic mass is 10.1. The minimum atomic E-state index is -0.199. The molecule has 0 amide bonds. The van der Waals surface area contributed by atoms with Crippen LogP contribution in [0.1, 0.15) is 30.8 Å². The van der Waals surface area contributed by atoms with Gasteiger partial charge in [-0.2, -0.15) is 0 Å². The smallest absolute Gasteiger partial charge is 0.154 e. The molecule has 1 heterocycles. The van der Waals surface area contributed by atoms with Gasteiger partial charge in [-0.25, -0.2) is 0 Å². The molecule has 0 saturated carbocycles. The number of aromatic nitrogens is 3. The molecule has 0 aliphatic rings. The van der Waals surface area contributed by atoms with Crippen LogP contribution in [0, 0.1) is 0 Å². The molecule has 1 aromatic heterocycles. The first kappa shape index (κ1) is 10.8. The molecule has 1 atom stereocenters. The standard InChI is InChI=1S/C12H16N4/c1-2-8-16-9-14-15-12(16)11(13)10-6-4-3-5-7-10/h3-7,9,11H,2,8,13H2,1H3. The van der Waals surface area contributed by atoms with Crippen molar-refractivity contribution in [2.24, 2.45) is 5.73 Å². The fourth-order valence-corrected chi connectivity index (χ4v) is 1.73. The second-order valence-corrected chi connectivity index (χ2v) is 3.77. The quantitative estimate of drug-likeness (QED) is 0.846. The summed E-state index contributed by atoms with van der Waals surface area (Å²) >= 11 is 0. The van der Waals surface area contributed by atoms with Crippen LogP contribution in [0.5, 0.6) is 0 Å². The molecular weight excluding hydrogens is 200 g/mol. The van der Waals surface area contributed by atoms with Crippen LogP contribution in [0.25, 0.3) is 0 Å². The Morgan fingerprint density at radius 2 is 2.06 bits per heavy atom. The number of benzene rings is 1. The zero-order valence-electron chi connectivity index (χ0n) is 9.37. The van der Waals surface area contributed by atoms with Crippen LogP contribution in [0.4, 0.5) is 0 Å². The van der Waals surface area contributed by atoms with Crippen molar-refractivity contribution < 1.29 is 0 Å². The number of hydrogen-bond donors (Lipinski definition) is 1. The average Bonchev–Trinajstić information content (AvgIpc) is 2.78. The Morgan fingerprint density at radius 3 is 2.75 bits per heavy atom. The molecule has 2 rings (SSSR count). The van der Waals surface area contributed by atoms with Gasteiger partial charge >= 0.3 is 0 Å². The summed E-state index contributed by atoms with van der Waals surface area (Å²) in [7, 11) is 0. The maximum absolute atomic E-state index is 6.17. The van der Waals surface area contributed by atoms with E-state index in [0.717, 1.165) is 24.4 Å². The lowest BCUT2D eigenvalue weighted by Crippen LogP contribution is -2.17. The monoisotopic (exact) mass is 216 g/mol. The van der Waals surface area contributed by atoms with Crippen molar-refractivity contribution in [2.45, 2.75) is 25.9 Å². The Kier molecular flexibility index (Phi) is 3.31. The maximum Gasteiger partial charge on any atom is 0.154 e. The van der Waals surface area contributed by atoms with Crippen LogP contribution in [0.3, 0.4) is 0 Å². The molecule has 0 aliphatic carbocycles. The average molecular weight is 216 g/mol. The second kappa shape index (κ2) is 4.90. The molecule has 2 N–H and O–H groups in total. The van der Waals surface area contributed by atoms with E-state index in [1.165, 1.54) is 0 Å². The maximum atomic E-state index is 6.17. The molecular formula is C12H16N4. The van der Waals surface area contributed by atoms with Gasteiger partial charge in [-0.05, 0) is 12.0 Å². The Bertz CT molecular complexity index is 435. The molecule has 16 heavy (non-hydrogen) atoms. The Hall–Kier alpha value is -1.68. The van der Waals surface area contributed by atoms with Crippen LogP contribution < -0.4 is 5.73 Å². The lowest BCUT2D eigenvalue weighted by Gasteiger charge is -2.12. The number of nitrogens with zero attached hydrogens (tertiary/aromatic N) is 3. The summed E-state index contributed by atoms with van der Waals surface area (Å²) in [6.45, 7) is 3.03. The van der Waals surface area contributed by atoms with Gasteiger partial charge in [-0.1, -0.05) is 37.3 Å². The summed E-state index contributed by atoms with van der Waals surface area (Å²) in [6.07, 6.45) is 2.79. The third-order valence-corrected chi connectivity index (χ3v) is 2.55. The van der Waals surface area contributed by atoms with E-state index in [1.54, 1.807) is 6.33 Å². The highest BCUT2D eigenvalue weighted by Gasteiger charge is 2.14. The van der Waals surface area contributed by atoms with Gasteiger partial charge in [0.05, 0.1) is 6.04 Å². The van der Waals surface area contributed by atoms with Crippen LogP contribution in [-0.2, 0) is 6.54 Å². The Labute approximate surface area is 95.1 Å². The van der Waals surface area contributed by atoms with Crippen molar-refractivity contribution in [2.75, 3.05) is 0 Å². The molecule has 2 aromatic rings. The van der Waals surface area contributed by atoms with E-state index in [0.29, 0.717) is 0 Å². The topological polar surface area (TPSA) is 56.7 Å². The van der Waals surface area contributed by atoms with Crippen LogP contribution in [0.15, 0.2) is 36.7 Å². The summed E-state index contributed by atoms with van der Waals surface area (Å²) < 4.78 is 2.01. The zero-order chi connectivity index (χ0) is 11.4. The predicted molar refractivity (Wildman–Crippen MR) is 62.8 cm³/mol. The van der Waals surface area contributed by atoms with Crippen LogP contribution in [-0.4, -0.2) is 14.8 Å². The molecule has 1 aromatic carbocycles. The molecule has 0 spiro atoms. The molecule has 1 unspecified atom stereocenters. The molecule has 0 radical (unpaired) electrons. The normalized spacial score (nSPS) is 12.6. The third kappa shape index (κ3) is 2.12. The van der Waals surface area contributed by atoms with E-state index in [2.05, 4.69) is 17.1 Å². The molecule has 0 fully saturated rings. The Morgan fingerprint density at radius 1 is 1.31 bits per heavy atom. The van der Waals surface area contributed by atoms with Crippen LogP contribution in [0.2, 0.25) is 0 Å². The van der Waals surface area contributed by atoms with E-state index in [-0.39, 0.29) is 6.04 Å². The van der Waals surface area contributed by atoms with Crippen molar-refractivity contribution in [1.82, 2.24) is 14.8 Å². The number of nitrogens with two attached hydrogens (primary N) is 1. The summed E-state index contributed by atoms with van der Waals surface area (Å²) in [5.74, 6) is 0.827. The van der Waals surface area contributed by atoms with Gasteiger partial charge in [0.1, 0.15) is 6.33 Å². The summed E-state index contributed by atoms with van der Waals surface area (Å²) in [5.41, 5.74) is 7.23. The van der Waals surface area contributed by atoms with Crippen molar-refractivity contribution >= 4 is 0 Å². The predicted octanol–water partition coefficient (Wildman–Crippen LogP) is 1.74. The summed E-state index contributed by atoms with van der Waals surface area (Å²) in [6, 6.07) is 9.76. The van der Waals surface area contributed by atoms with Crippen LogP contribution >= 0.6 is 0 Å². The lowest BCUT2D eigenvalue weighted by molar-refractivity contribution is 0.613. The third-order valence-electron chi connectivity index (χ3n) is 2.55. The van der Waals surface area contributed by atoms with Crippen molar-refractivity contribution in [1.29, 1.82) is 0 Å². The van der Waals surface area contributed by atoms with E-state index >= 15 is 0 Å². The summed E-state index contributed by atoms with van der Waals surface area (Å²) in [4.78, 5) is 0. The highest BCUT2D eigenvalue weighted by atomic mass is 15.3. The van der Waals surface area contributed by atoms with E-state index in [4.69, 9.17) is 5.73 Å². The number of hydrogen-bond acceptors (Lipinski definition) is 3. The van der Waals surface area contributed by atoms with Gasteiger partial charge in [0.2, 0.25) is 0 Å². The Balaban J connectivity index is 2.27. The summed E-state index contributed by atoms with van der Waals surface area (Å²) in [5, 5.41) is 8.02. The first-order chi connectivity index (χ1) is 7.83. The molecule has 4 nitrogen and oxygen atoms in total. The SMILES string of the molecule is CCCn1cnnc1C(N)c1ccccc1. The minimum Gasteiger partial charge on any atom is -0.318 e. The second-order valence-electron chi connectivity index (χ2n) is 3.77. The van der Waals surface area contributed by atoms with Crippen molar-refractivity contribution in [3.8, 4) is 0 Å². The molecule has 84 valence electrons. The van der Waals surface area contributed by atoms with Gasteiger partial charge in [0.25, 0.3) is 0 Å². The highest BCUT2D eigenvalue weighted by Crippen LogP contribution is 2.16. The molecule has 0 aliphatic heterocycles. The molecule has 4 heteroatoms. The van der Waals surface area contributed by atoms with E-state index in [9.17, 15) is 0 Å². The van der Waals surface area contributed by atoms with Gasteiger partial charge in [0, 0.05) is 6.54 Å². The van der Waals surface area contributed by atoms with E-state index < -0.39 is 0 Å². The van der Waals surface area contributed by atoms with Gasteiger partial charge in [-0.3, -0.25) is 0 Å². The van der Waals surface area contributed by atoms with E-state index in [1.807, 2.05) is 34.9 Å². The number of aryl methyl sites for hydroxylation is 1. The molecule has 0 bridgehead atoms. The molecule has 0 saturated heterocycles. The fourth-order valence-electron chi connectivity index (χ4n) is 1.73. The highest BCUT2D eigenvalue weighted by molar-refractivity contribution is 5.23. The van der Waals surface area contributed by atoms with Gasteiger partial charge < -0.3 is 10.3 Å². The zero-order valence-corrected chi connectivity index (χ0v) is 9.37. The van der Waals surface area contributed by atoms with Gasteiger partial charge in [-0.15, -0.1) is 10.2 Å². The first-order valence-corrected chi connectivity index (χ1v) is 5.51. The van der Waals surface area contributed by atoms with Crippen molar-refractivity contribution in [3.63, 3.8) is 0 Å².